The molecule has 4 aromatic rings. The van der Waals surface area contributed by atoms with Crippen molar-refractivity contribution < 1.29 is 13.9 Å². The van der Waals surface area contributed by atoms with Crippen LogP contribution in [0.4, 0.5) is 4.39 Å². The molecule has 0 saturated heterocycles. The third-order valence-corrected chi connectivity index (χ3v) is 5.50. The molecular formula is C23H19BrClFN2O2. The molecular weight excluding hydrogens is 471 g/mol. The van der Waals surface area contributed by atoms with Crippen LogP contribution in [0.5, 0.6) is 11.6 Å². The summed E-state index contributed by atoms with van der Waals surface area (Å²) in [5, 5.41) is 6.88. The topological polar surface area (TPSA) is 36.3 Å². The highest BCUT2D eigenvalue weighted by Gasteiger charge is 2.20. The van der Waals surface area contributed by atoms with Gasteiger partial charge in [0.25, 0.3) is 0 Å². The number of fused-ring (bicyclic) bond motifs is 1. The van der Waals surface area contributed by atoms with Gasteiger partial charge in [-0.05, 0) is 30.5 Å². The summed E-state index contributed by atoms with van der Waals surface area (Å²) in [6.07, 6.45) is 0. The molecule has 0 bridgehead atoms. The molecule has 7 heteroatoms. The van der Waals surface area contributed by atoms with Gasteiger partial charge in [-0.2, -0.15) is 9.49 Å². The lowest BCUT2D eigenvalue weighted by Crippen LogP contribution is -2.12. The fourth-order valence-electron chi connectivity index (χ4n) is 3.23. The molecule has 0 aliphatic rings. The molecule has 0 spiro atoms. The van der Waals surface area contributed by atoms with E-state index in [0.29, 0.717) is 29.5 Å². The Morgan fingerprint density at radius 3 is 2.63 bits per heavy atom. The first-order valence-electron chi connectivity index (χ1n) is 9.53. The first kappa shape index (κ1) is 20.7. The number of ether oxygens (including phenoxy) is 2. The summed E-state index contributed by atoms with van der Waals surface area (Å²) in [6, 6.07) is 18.9. The molecule has 154 valence electrons. The van der Waals surface area contributed by atoms with E-state index in [1.807, 2.05) is 67.6 Å². The predicted octanol–water partition coefficient (Wildman–Crippen LogP) is 6.74. The van der Waals surface area contributed by atoms with Crippen LogP contribution in [0.15, 0.2) is 65.1 Å². The summed E-state index contributed by atoms with van der Waals surface area (Å²) < 4.78 is 28.8. The summed E-state index contributed by atoms with van der Waals surface area (Å²) >= 11 is 9.98. The molecule has 0 atom stereocenters. The zero-order valence-corrected chi connectivity index (χ0v) is 18.6. The minimum atomic E-state index is -0.475. The van der Waals surface area contributed by atoms with Crippen LogP contribution in [0.25, 0.3) is 22.0 Å². The molecule has 30 heavy (non-hydrogen) atoms. The van der Waals surface area contributed by atoms with E-state index in [4.69, 9.17) is 21.1 Å². The second-order valence-corrected chi connectivity index (χ2v) is 7.88. The number of nitrogens with zero attached hydrogens (tertiary/aromatic N) is 2. The Balaban J connectivity index is 1.54. The Morgan fingerprint density at radius 1 is 1.07 bits per heavy atom. The summed E-state index contributed by atoms with van der Waals surface area (Å²) in [4.78, 5) is 0. The Kier molecular flexibility index (Phi) is 6.25. The van der Waals surface area contributed by atoms with Crippen LogP contribution in [0.1, 0.15) is 6.92 Å². The van der Waals surface area contributed by atoms with Gasteiger partial charge in [-0.3, -0.25) is 0 Å². The van der Waals surface area contributed by atoms with Crippen molar-refractivity contribution in [1.29, 1.82) is 0 Å². The largest absolute Gasteiger partial charge is 0.490 e. The molecule has 1 heterocycles. The van der Waals surface area contributed by atoms with Crippen LogP contribution in [0.3, 0.4) is 0 Å². The Hall–Kier alpha value is -2.57. The molecule has 0 radical (unpaired) electrons. The minimum absolute atomic E-state index is 0.106. The van der Waals surface area contributed by atoms with E-state index < -0.39 is 5.82 Å². The van der Waals surface area contributed by atoms with Crippen molar-refractivity contribution in [2.24, 2.45) is 0 Å². The van der Waals surface area contributed by atoms with Gasteiger partial charge in [-0.1, -0.05) is 70.0 Å². The molecule has 3 aromatic carbocycles. The van der Waals surface area contributed by atoms with Gasteiger partial charge in [0, 0.05) is 15.4 Å². The number of hydrogen-bond donors (Lipinski definition) is 0. The summed E-state index contributed by atoms with van der Waals surface area (Å²) in [5.41, 5.74) is 0.952. The molecule has 0 fully saturated rings. The van der Waals surface area contributed by atoms with Crippen molar-refractivity contribution in [3.63, 3.8) is 0 Å². The van der Waals surface area contributed by atoms with Crippen molar-refractivity contribution in [1.82, 2.24) is 9.78 Å². The number of hydrogen-bond acceptors (Lipinski definition) is 3. The van der Waals surface area contributed by atoms with E-state index in [1.165, 1.54) is 4.68 Å². The van der Waals surface area contributed by atoms with E-state index in [9.17, 15) is 4.39 Å². The third kappa shape index (κ3) is 4.16. The van der Waals surface area contributed by atoms with Crippen molar-refractivity contribution in [3.8, 4) is 22.9 Å². The fourth-order valence-corrected chi connectivity index (χ4v) is 3.90. The minimum Gasteiger partial charge on any atom is -0.490 e. The van der Waals surface area contributed by atoms with E-state index in [0.717, 1.165) is 15.2 Å². The van der Waals surface area contributed by atoms with Crippen LogP contribution in [-0.2, 0) is 6.54 Å². The normalized spacial score (nSPS) is 11.1. The zero-order valence-electron chi connectivity index (χ0n) is 16.2. The van der Waals surface area contributed by atoms with Gasteiger partial charge in [-0.25, -0.2) is 4.68 Å². The summed E-state index contributed by atoms with van der Waals surface area (Å²) in [7, 11) is 0. The van der Waals surface area contributed by atoms with Gasteiger partial charge in [-0.15, -0.1) is 0 Å². The average Bonchev–Trinajstić information content (AvgIpc) is 3.06. The van der Waals surface area contributed by atoms with Gasteiger partial charge in [0.05, 0.1) is 18.2 Å². The first-order valence-corrected chi connectivity index (χ1v) is 10.7. The molecule has 0 aliphatic carbocycles. The van der Waals surface area contributed by atoms with Crippen LogP contribution >= 0.6 is 27.5 Å². The molecule has 0 aliphatic heterocycles. The van der Waals surface area contributed by atoms with Crippen LogP contribution in [-0.4, -0.2) is 23.0 Å². The van der Waals surface area contributed by atoms with Crippen LogP contribution in [0, 0.1) is 5.82 Å². The maximum absolute atomic E-state index is 14.9. The van der Waals surface area contributed by atoms with E-state index in [-0.39, 0.29) is 18.2 Å². The monoisotopic (exact) mass is 488 g/mol. The van der Waals surface area contributed by atoms with E-state index in [1.54, 1.807) is 0 Å². The van der Waals surface area contributed by atoms with Gasteiger partial charge in [0.15, 0.2) is 0 Å². The standard InChI is InChI=1S/C23H19BrClFN2O2/c1-2-29-23-21(26)22(15-6-4-3-5-7-15)27-28(23)12-13-30-19-11-8-16-14-17(24)9-10-18(16)20(19)25/h3-11,14H,2,12-13H2,1H3. The van der Waals surface area contributed by atoms with Gasteiger partial charge < -0.3 is 9.47 Å². The summed E-state index contributed by atoms with van der Waals surface area (Å²) in [6.45, 7) is 2.72. The third-order valence-electron chi connectivity index (χ3n) is 4.62. The van der Waals surface area contributed by atoms with Crippen molar-refractivity contribution in [2.75, 3.05) is 13.2 Å². The molecule has 4 rings (SSSR count). The highest BCUT2D eigenvalue weighted by atomic mass is 79.9. The molecule has 0 amide bonds. The summed E-state index contributed by atoms with van der Waals surface area (Å²) in [5.74, 6) is 0.201. The maximum Gasteiger partial charge on any atom is 0.249 e. The lowest BCUT2D eigenvalue weighted by molar-refractivity contribution is 0.253. The van der Waals surface area contributed by atoms with E-state index >= 15 is 0 Å². The van der Waals surface area contributed by atoms with Gasteiger partial charge in [0.2, 0.25) is 11.7 Å². The number of benzene rings is 3. The van der Waals surface area contributed by atoms with Crippen molar-refractivity contribution >= 4 is 38.3 Å². The predicted molar refractivity (Wildman–Crippen MR) is 121 cm³/mol. The van der Waals surface area contributed by atoms with E-state index in [2.05, 4.69) is 21.0 Å². The fraction of sp³-hybridized carbons (Fsp3) is 0.174. The second kappa shape index (κ2) is 9.06. The lowest BCUT2D eigenvalue weighted by atomic mass is 10.1. The van der Waals surface area contributed by atoms with Gasteiger partial charge >= 0.3 is 0 Å². The van der Waals surface area contributed by atoms with Crippen molar-refractivity contribution in [2.45, 2.75) is 13.5 Å². The molecule has 0 unspecified atom stereocenters. The van der Waals surface area contributed by atoms with Gasteiger partial charge in [0.1, 0.15) is 18.1 Å². The smallest absolute Gasteiger partial charge is 0.249 e. The molecule has 0 saturated carbocycles. The Labute approximate surface area is 187 Å². The van der Waals surface area contributed by atoms with Crippen molar-refractivity contribution in [3.05, 3.63) is 76.0 Å². The Morgan fingerprint density at radius 2 is 1.87 bits per heavy atom. The zero-order chi connectivity index (χ0) is 21.1. The molecule has 1 aromatic heterocycles. The van der Waals surface area contributed by atoms with Crippen LogP contribution < -0.4 is 9.47 Å². The number of aromatic nitrogens is 2. The Bertz CT molecular complexity index is 1180. The SMILES string of the molecule is CCOc1c(F)c(-c2ccccc2)nn1CCOc1ccc2cc(Br)ccc2c1Cl. The highest BCUT2D eigenvalue weighted by Crippen LogP contribution is 2.34. The number of halogens is 3. The first-order chi connectivity index (χ1) is 14.6. The molecule has 0 N–H and O–H groups in total. The lowest BCUT2D eigenvalue weighted by Gasteiger charge is -2.12. The maximum atomic E-state index is 14.9. The quantitative estimate of drug-likeness (QED) is 0.288. The van der Waals surface area contributed by atoms with Crippen LogP contribution in [0.2, 0.25) is 5.02 Å². The highest BCUT2D eigenvalue weighted by molar-refractivity contribution is 9.10. The second-order valence-electron chi connectivity index (χ2n) is 6.58. The number of rotatable bonds is 7. The average molecular weight is 490 g/mol. The molecule has 4 nitrogen and oxygen atoms in total.